The molecule has 1 aromatic carbocycles. The van der Waals surface area contributed by atoms with E-state index in [1.54, 1.807) is 0 Å². The number of aromatic nitrogens is 4. The van der Waals surface area contributed by atoms with Gasteiger partial charge in [0.15, 0.2) is 5.82 Å². The van der Waals surface area contributed by atoms with Crippen LogP contribution >= 0.6 is 0 Å². The Hall–Kier alpha value is -2.37. The van der Waals surface area contributed by atoms with Crippen molar-refractivity contribution in [2.45, 2.75) is 31.5 Å². The van der Waals surface area contributed by atoms with Crippen molar-refractivity contribution >= 4 is 5.69 Å². The molecular formula is C14H13F6N5O. The highest BCUT2D eigenvalue weighted by Crippen LogP contribution is 2.39. The Morgan fingerprint density at radius 2 is 1.73 bits per heavy atom. The van der Waals surface area contributed by atoms with Gasteiger partial charge in [-0.3, -0.25) is 0 Å². The highest BCUT2D eigenvalue weighted by molar-refractivity contribution is 5.53. The van der Waals surface area contributed by atoms with Crippen molar-refractivity contribution < 1.29 is 31.1 Å². The van der Waals surface area contributed by atoms with Gasteiger partial charge in [0.2, 0.25) is 0 Å². The van der Waals surface area contributed by atoms with Gasteiger partial charge in [0.05, 0.1) is 17.2 Å². The molecule has 0 amide bonds. The van der Waals surface area contributed by atoms with E-state index in [1.165, 1.54) is 4.90 Å². The average molecular weight is 381 g/mol. The molecule has 2 heterocycles. The molecule has 1 unspecified atom stereocenters. The minimum absolute atomic E-state index is 0.0470. The Balaban J connectivity index is 1.76. The van der Waals surface area contributed by atoms with E-state index in [9.17, 15) is 26.3 Å². The Labute approximate surface area is 143 Å². The molecule has 1 N–H and O–H groups in total. The van der Waals surface area contributed by atoms with Crippen LogP contribution in [0.1, 0.15) is 23.4 Å². The molecule has 0 spiro atoms. The van der Waals surface area contributed by atoms with Crippen LogP contribution in [-0.4, -0.2) is 39.8 Å². The standard InChI is InChI=1S/C14H13F6N5O/c15-13(16,17)8-3-9(14(18,19)20)5-10(4-8)25-2-1-11(6-25)26-7-12-21-23-24-22-12/h3-5,11H,1-2,6-7H2,(H,21,22,23,24). The highest BCUT2D eigenvalue weighted by atomic mass is 19.4. The van der Waals surface area contributed by atoms with E-state index in [-0.39, 0.29) is 37.6 Å². The zero-order chi connectivity index (χ0) is 18.9. The van der Waals surface area contributed by atoms with E-state index in [0.29, 0.717) is 12.2 Å². The van der Waals surface area contributed by atoms with Crippen molar-refractivity contribution in [2.24, 2.45) is 0 Å². The van der Waals surface area contributed by atoms with Crippen LogP contribution < -0.4 is 4.90 Å². The fraction of sp³-hybridized carbons (Fsp3) is 0.500. The van der Waals surface area contributed by atoms with Crippen molar-refractivity contribution in [2.75, 3.05) is 18.0 Å². The maximum Gasteiger partial charge on any atom is 0.416 e. The summed E-state index contributed by atoms with van der Waals surface area (Å²) < 4.78 is 83.2. The first-order chi connectivity index (χ1) is 12.1. The number of hydrogen-bond acceptors (Lipinski definition) is 5. The molecule has 26 heavy (non-hydrogen) atoms. The average Bonchev–Trinajstić information content (AvgIpc) is 3.22. The van der Waals surface area contributed by atoms with Crippen LogP contribution in [0.15, 0.2) is 18.2 Å². The van der Waals surface area contributed by atoms with Gasteiger partial charge in [0.1, 0.15) is 6.61 Å². The summed E-state index contributed by atoms with van der Waals surface area (Å²) in [7, 11) is 0. The Morgan fingerprint density at radius 3 is 2.27 bits per heavy atom. The minimum Gasteiger partial charge on any atom is -0.369 e. The maximum atomic E-state index is 12.9. The predicted molar refractivity (Wildman–Crippen MR) is 76.0 cm³/mol. The number of halogens is 6. The van der Waals surface area contributed by atoms with E-state index in [2.05, 4.69) is 20.6 Å². The summed E-state index contributed by atoms with van der Waals surface area (Å²) in [5, 5.41) is 13.0. The van der Waals surface area contributed by atoms with E-state index in [4.69, 9.17) is 4.74 Å². The van der Waals surface area contributed by atoms with Gasteiger partial charge in [-0.1, -0.05) is 5.21 Å². The van der Waals surface area contributed by atoms with Crippen molar-refractivity contribution in [3.05, 3.63) is 35.2 Å². The van der Waals surface area contributed by atoms with Gasteiger partial charge in [-0.25, -0.2) is 0 Å². The third-order valence-corrected chi connectivity index (χ3v) is 3.92. The first-order valence-corrected chi connectivity index (χ1v) is 7.51. The summed E-state index contributed by atoms with van der Waals surface area (Å²) in [5.74, 6) is 0.307. The summed E-state index contributed by atoms with van der Waals surface area (Å²) in [6, 6.07) is 1.55. The highest BCUT2D eigenvalue weighted by Gasteiger charge is 2.38. The molecule has 0 aliphatic carbocycles. The van der Waals surface area contributed by atoms with Crippen LogP contribution in [-0.2, 0) is 23.7 Å². The molecule has 1 aliphatic heterocycles. The maximum absolute atomic E-state index is 12.9. The SMILES string of the molecule is FC(F)(F)c1cc(N2CCC(OCc3nn[nH]n3)C2)cc(C(F)(F)F)c1. The van der Waals surface area contributed by atoms with Gasteiger partial charge >= 0.3 is 12.4 Å². The van der Waals surface area contributed by atoms with Crippen LogP contribution in [0.3, 0.4) is 0 Å². The van der Waals surface area contributed by atoms with Crippen molar-refractivity contribution in [1.82, 2.24) is 20.6 Å². The summed E-state index contributed by atoms with van der Waals surface area (Å²) in [4.78, 5) is 1.44. The van der Waals surface area contributed by atoms with E-state index >= 15 is 0 Å². The number of tetrazole rings is 1. The van der Waals surface area contributed by atoms with Gasteiger partial charge in [0.25, 0.3) is 0 Å². The van der Waals surface area contributed by atoms with Crippen molar-refractivity contribution in [3.8, 4) is 0 Å². The normalized spacial score (nSPS) is 18.5. The topological polar surface area (TPSA) is 66.9 Å². The van der Waals surface area contributed by atoms with Crippen LogP contribution in [0, 0.1) is 0 Å². The number of hydrogen-bond donors (Lipinski definition) is 1. The molecule has 1 aromatic heterocycles. The van der Waals surface area contributed by atoms with Gasteiger partial charge in [-0.2, -0.15) is 31.6 Å². The van der Waals surface area contributed by atoms with Crippen LogP contribution in [0.2, 0.25) is 0 Å². The number of nitrogens with zero attached hydrogens (tertiary/aromatic N) is 4. The lowest BCUT2D eigenvalue weighted by Gasteiger charge is -2.22. The Morgan fingerprint density at radius 1 is 1.08 bits per heavy atom. The summed E-state index contributed by atoms with van der Waals surface area (Å²) >= 11 is 0. The van der Waals surface area contributed by atoms with Crippen LogP contribution in [0.4, 0.5) is 32.0 Å². The summed E-state index contributed by atoms with van der Waals surface area (Å²) in [6.45, 7) is 0.484. The van der Waals surface area contributed by atoms with E-state index in [1.807, 2.05) is 0 Å². The van der Waals surface area contributed by atoms with E-state index < -0.39 is 23.5 Å². The molecule has 1 fully saturated rings. The molecule has 3 rings (SSSR count). The molecule has 142 valence electrons. The molecule has 1 atom stereocenters. The van der Waals surface area contributed by atoms with Crippen molar-refractivity contribution in [1.29, 1.82) is 0 Å². The molecular weight excluding hydrogens is 368 g/mol. The molecule has 1 aliphatic rings. The minimum atomic E-state index is -4.87. The van der Waals surface area contributed by atoms with Crippen molar-refractivity contribution in [3.63, 3.8) is 0 Å². The zero-order valence-electron chi connectivity index (χ0n) is 13.1. The molecule has 0 radical (unpaired) electrons. The first kappa shape index (κ1) is 18.4. The van der Waals surface area contributed by atoms with E-state index in [0.717, 1.165) is 12.1 Å². The smallest absolute Gasteiger partial charge is 0.369 e. The monoisotopic (exact) mass is 381 g/mol. The lowest BCUT2D eigenvalue weighted by atomic mass is 10.1. The number of aromatic amines is 1. The zero-order valence-corrected chi connectivity index (χ0v) is 13.1. The second kappa shape index (κ2) is 6.74. The molecule has 2 aromatic rings. The third-order valence-electron chi connectivity index (χ3n) is 3.92. The number of nitrogens with one attached hydrogen (secondary N) is 1. The number of ether oxygens (including phenoxy) is 1. The number of H-pyrrole nitrogens is 1. The van der Waals surface area contributed by atoms with Gasteiger partial charge in [0, 0.05) is 18.8 Å². The third kappa shape index (κ3) is 4.23. The quantitative estimate of drug-likeness (QED) is 0.825. The summed E-state index contributed by atoms with van der Waals surface area (Å²) in [5.41, 5.74) is -2.81. The number of rotatable bonds is 4. The molecule has 0 saturated carbocycles. The molecule has 6 nitrogen and oxygen atoms in total. The summed E-state index contributed by atoms with van der Waals surface area (Å²) in [6.07, 6.45) is -9.65. The predicted octanol–water partition coefficient (Wildman–Crippen LogP) is 3.03. The first-order valence-electron chi connectivity index (χ1n) is 7.51. The second-order valence-electron chi connectivity index (χ2n) is 5.76. The fourth-order valence-electron chi connectivity index (χ4n) is 2.66. The van der Waals surface area contributed by atoms with Crippen LogP contribution in [0.25, 0.3) is 0 Å². The number of anilines is 1. The molecule has 1 saturated heterocycles. The van der Waals surface area contributed by atoms with Crippen LogP contribution in [0.5, 0.6) is 0 Å². The second-order valence-corrected chi connectivity index (χ2v) is 5.76. The molecule has 12 heteroatoms. The lowest BCUT2D eigenvalue weighted by molar-refractivity contribution is -0.143. The Kier molecular flexibility index (Phi) is 4.78. The van der Waals surface area contributed by atoms with Gasteiger partial charge < -0.3 is 9.64 Å². The number of benzene rings is 1. The number of alkyl halides is 6. The largest absolute Gasteiger partial charge is 0.416 e. The lowest BCUT2D eigenvalue weighted by Crippen LogP contribution is -2.24. The fourth-order valence-corrected chi connectivity index (χ4v) is 2.66. The van der Waals surface area contributed by atoms with Gasteiger partial charge in [-0.05, 0) is 24.6 Å². The van der Waals surface area contributed by atoms with Gasteiger partial charge in [-0.15, -0.1) is 10.2 Å². The molecule has 0 bridgehead atoms. The Bertz CT molecular complexity index is 713.